The molecule has 0 radical (unpaired) electrons. The van der Waals surface area contributed by atoms with Crippen molar-refractivity contribution in [2.24, 2.45) is 14.1 Å². The number of anilines is 1. The average molecular weight is 279 g/mol. The Labute approximate surface area is 115 Å². The van der Waals surface area contributed by atoms with Gasteiger partial charge in [0.25, 0.3) is 5.56 Å². The van der Waals surface area contributed by atoms with Gasteiger partial charge in [-0.2, -0.15) is 5.26 Å². The number of carbonyl (C=O) groups excluding carboxylic acids is 1. The van der Waals surface area contributed by atoms with Gasteiger partial charge in [-0.05, 0) is 13.8 Å². The van der Waals surface area contributed by atoms with E-state index in [-0.39, 0.29) is 29.9 Å². The molecular formula is C12H17N5O3. The van der Waals surface area contributed by atoms with Gasteiger partial charge < -0.3 is 10.6 Å². The average Bonchev–Trinajstić information content (AvgIpc) is 2.38. The number of aromatic nitrogens is 2. The van der Waals surface area contributed by atoms with Crippen molar-refractivity contribution in [3.63, 3.8) is 0 Å². The summed E-state index contributed by atoms with van der Waals surface area (Å²) < 4.78 is 1.97. The van der Waals surface area contributed by atoms with Gasteiger partial charge in [-0.25, -0.2) is 4.79 Å². The molecule has 1 amide bonds. The van der Waals surface area contributed by atoms with Crippen molar-refractivity contribution in [3.8, 4) is 6.07 Å². The van der Waals surface area contributed by atoms with E-state index in [1.54, 1.807) is 6.07 Å². The Morgan fingerprint density at radius 2 is 1.90 bits per heavy atom. The molecule has 1 rings (SSSR count). The molecule has 8 nitrogen and oxygen atoms in total. The van der Waals surface area contributed by atoms with Crippen LogP contribution in [-0.4, -0.2) is 27.6 Å². The van der Waals surface area contributed by atoms with Gasteiger partial charge in [0.15, 0.2) is 5.56 Å². The van der Waals surface area contributed by atoms with Crippen molar-refractivity contribution in [3.05, 3.63) is 26.4 Å². The van der Waals surface area contributed by atoms with Crippen LogP contribution >= 0.6 is 0 Å². The van der Waals surface area contributed by atoms with Gasteiger partial charge in [0.05, 0.1) is 6.54 Å². The SMILES string of the molecule is CC(C)NC(=O)CNc1c(C#N)c(=O)n(C)c(=O)n1C. The lowest BCUT2D eigenvalue weighted by atomic mass is 10.3. The molecule has 0 bridgehead atoms. The van der Waals surface area contributed by atoms with Crippen LogP contribution in [-0.2, 0) is 18.9 Å². The highest BCUT2D eigenvalue weighted by Crippen LogP contribution is 2.05. The van der Waals surface area contributed by atoms with Crippen molar-refractivity contribution in [2.75, 3.05) is 11.9 Å². The van der Waals surface area contributed by atoms with E-state index in [2.05, 4.69) is 10.6 Å². The second-order valence-corrected chi connectivity index (χ2v) is 4.62. The monoisotopic (exact) mass is 279 g/mol. The third-order valence-electron chi connectivity index (χ3n) is 2.64. The standard InChI is InChI=1S/C12H17N5O3/c1-7(2)15-9(18)6-14-10-8(5-13)11(19)17(4)12(20)16(10)3/h7,14H,6H2,1-4H3,(H,15,18). The van der Waals surface area contributed by atoms with E-state index >= 15 is 0 Å². The maximum atomic E-state index is 11.8. The van der Waals surface area contributed by atoms with Crippen LogP contribution in [0.1, 0.15) is 19.4 Å². The van der Waals surface area contributed by atoms with Gasteiger partial charge in [-0.15, -0.1) is 0 Å². The lowest BCUT2D eigenvalue weighted by molar-refractivity contribution is -0.119. The molecule has 1 heterocycles. The molecular weight excluding hydrogens is 262 g/mol. The fourth-order valence-electron chi connectivity index (χ4n) is 1.69. The summed E-state index contributed by atoms with van der Waals surface area (Å²) in [6, 6.07) is 1.73. The van der Waals surface area contributed by atoms with Crippen LogP contribution < -0.4 is 21.9 Å². The fraction of sp³-hybridized carbons (Fsp3) is 0.500. The second-order valence-electron chi connectivity index (χ2n) is 4.62. The number of nitriles is 1. The number of hydrogen-bond donors (Lipinski definition) is 2. The molecule has 2 N–H and O–H groups in total. The molecule has 0 fully saturated rings. The molecule has 1 aromatic heterocycles. The summed E-state index contributed by atoms with van der Waals surface area (Å²) in [4.78, 5) is 35.1. The van der Waals surface area contributed by atoms with Crippen LogP contribution in [0.15, 0.2) is 9.59 Å². The Hall–Kier alpha value is -2.56. The highest BCUT2D eigenvalue weighted by molar-refractivity contribution is 5.81. The molecule has 0 saturated carbocycles. The number of hydrogen-bond acceptors (Lipinski definition) is 5. The van der Waals surface area contributed by atoms with E-state index in [0.717, 1.165) is 9.13 Å². The number of rotatable bonds is 4. The van der Waals surface area contributed by atoms with Gasteiger partial charge in [0.1, 0.15) is 11.9 Å². The maximum Gasteiger partial charge on any atom is 0.332 e. The third-order valence-corrected chi connectivity index (χ3v) is 2.64. The summed E-state index contributed by atoms with van der Waals surface area (Å²) in [5.74, 6) is -0.253. The van der Waals surface area contributed by atoms with Crippen LogP contribution in [0.2, 0.25) is 0 Å². The van der Waals surface area contributed by atoms with Gasteiger partial charge in [0, 0.05) is 20.1 Å². The second kappa shape index (κ2) is 6.06. The number of nitrogens with one attached hydrogen (secondary N) is 2. The van der Waals surface area contributed by atoms with E-state index in [1.807, 2.05) is 13.8 Å². The van der Waals surface area contributed by atoms with E-state index in [9.17, 15) is 14.4 Å². The molecule has 0 spiro atoms. The minimum atomic E-state index is -0.692. The van der Waals surface area contributed by atoms with E-state index in [0.29, 0.717) is 0 Å². The predicted octanol–water partition coefficient (Wildman–Crippen LogP) is -1.11. The van der Waals surface area contributed by atoms with Crippen LogP contribution in [0.4, 0.5) is 5.82 Å². The normalized spacial score (nSPS) is 10.2. The molecule has 0 unspecified atom stereocenters. The molecule has 0 atom stereocenters. The molecule has 1 aromatic rings. The Morgan fingerprint density at radius 3 is 2.40 bits per heavy atom. The topological polar surface area (TPSA) is 109 Å². The molecule has 108 valence electrons. The Bertz CT molecular complexity index is 678. The quantitative estimate of drug-likeness (QED) is 0.726. The summed E-state index contributed by atoms with van der Waals surface area (Å²) >= 11 is 0. The first kappa shape index (κ1) is 15.5. The summed E-state index contributed by atoms with van der Waals surface area (Å²) in [6.07, 6.45) is 0. The summed E-state index contributed by atoms with van der Waals surface area (Å²) in [5, 5.41) is 14.3. The summed E-state index contributed by atoms with van der Waals surface area (Å²) in [6.45, 7) is 3.49. The van der Waals surface area contributed by atoms with Crippen LogP contribution in [0.5, 0.6) is 0 Å². The van der Waals surface area contributed by atoms with Gasteiger partial charge in [-0.1, -0.05) is 0 Å². The Morgan fingerprint density at radius 1 is 1.30 bits per heavy atom. The number of carbonyl (C=O) groups is 1. The van der Waals surface area contributed by atoms with Crippen LogP contribution in [0, 0.1) is 11.3 Å². The first-order chi connectivity index (χ1) is 9.29. The molecule has 20 heavy (non-hydrogen) atoms. The smallest absolute Gasteiger partial charge is 0.332 e. The van der Waals surface area contributed by atoms with Crippen molar-refractivity contribution in [1.82, 2.24) is 14.5 Å². The Kier molecular flexibility index (Phi) is 4.69. The molecule has 8 heteroatoms. The molecule has 0 aromatic carbocycles. The van der Waals surface area contributed by atoms with E-state index in [1.165, 1.54) is 14.1 Å². The zero-order chi connectivity index (χ0) is 15.4. The first-order valence-electron chi connectivity index (χ1n) is 6.03. The van der Waals surface area contributed by atoms with Gasteiger partial charge >= 0.3 is 5.69 Å². The third kappa shape index (κ3) is 3.06. The zero-order valence-corrected chi connectivity index (χ0v) is 11.9. The minimum absolute atomic E-state index is 0.0211. The molecule has 0 aliphatic rings. The summed E-state index contributed by atoms with van der Waals surface area (Å²) in [5.41, 5.74) is -1.46. The molecule has 0 saturated heterocycles. The van der Waals surface area contributed by atoms with Crippen LogP contribution in [0.25, 0.3) is 0 Å². The summed E-state index contributed by atoms with van der Waals surface area (Å²) in [7, 11) is 2.71. The number of amides is 1. The molecule has 0 aliphatic carbocycles. The van der Waals surface area contributed by atoms with Crippen molar-refractivity contribution < 1.29 is 4.79 Å². The number of nitrogens with zero attached hydrogens (tertiary/aromatic N) is 3. The lowest BCUT2D eigenvalue weighted by Crippen LogP contribution is -2.41. The maximum absolute atomic E-state index is 11.8. The minimum Gasteiger partial charge on any atom is -0.361 e. The van der Waals surface area contributed by atoms with Gasteiger partial charge in [-0.3, -0.25) is 18.7 Å². The highest BCUT2D eigenvalue weighted by atomic mass is 16.2. The zero-order valence-electron chi connectivity index (χ0n) is 11.9. The van der Waals surface area contributed by atoms with E-state index < -0.39 is 11.2 Å². The van der Waals surface area contributed by atoms with Crippen LogP contribution in [0.3, 0.4) is 0 Å². The van der Waals surface area contributed by atoms with Crippen molar-refractivity contribution in [2.45, 2.75) is 19.9 Å². The molecule has 0 aliphatic heterocycles. The highest BCUT2D eigenvalue weighted by Gasteiger charge is 2.16. The van der Waals surface area contributed by atoms with Gasteiger partial charge in [0.2, 0.25) is 5.91 Å². The van der Waals surface area contributed by atoms with Crippen molar-refractivity contribution >= 4 is 11.7 Å². The van der Waals surface area contributed by atoms with E-state index in [4.69, 9.17) is 5.26 Å². The largest absolute Gasteiger partial charge is 0.361 e. The lowest BCUT2D eigenvalue weighted by Gasteiger charge is -2.14. The van der Waals surface area contributed by atoms with Crippen molar-refractivity contribution in [1.29, 1.82) is 5.26 Å². The Balaban J connectivity index is 3.14. The fourth-order valence-corrected chi connectivity index (χ4v) is 1.69. The predicted molar refractivity (Wildman–Crippen MR) is 73.4 cm³/mol. The first-order valence-corrected chi connectivity index (χ1v) is 6.03.